The van der Waals surface area contributed by atoms with E-state index in [4.69, 9.17) is 4.74 Å². The Hall–Kier alpha value is -2.59. The van der Waals surface area contributed by atoms with Crippen molar-refractivity contribution in [2.75, 3.05) is 33.4 Å². The van der Waals surface area contributed by atoms with Crippen LogP contribution in [0.3, 0.4) is 0 Å². The lowest BCUT2D eigenvalue weighted by molar-refractivity contribution is -0.145. The number of hydrogen-bond donors (Lipinski definition) is 0. The minimum Gasteiger partial charge on any atom is -0.384 e. The van der Waals surface area contributed by atoms with Crippen LogP contribution in [0.25, 0.3) is 0 Å². The number of aromatic nitrogens is 3. The first kappa shape index (κ1) is 25.1. The number of alkyl halides is 3. The molecule has 1 unspecified atom stereocenters. The SMILES string of the molecule is COCC1(C(=O)N2CCc3ncc(C(F)(F)F)cc3C2)CCN(C2CCC(c3cncnc3)CC2)C1. The van der Waals surface area contributed by atoms with Crippen LogP contribution in [0.2, 0.25) is 0 Å². The highest BCUT2D eigenvalue weighted by Crippen LogP contribution is 2.41. The lowest BCUT2D eigenvalue weighted by Crippen LogP contribution is -2.50. The summed E-state index contributed by atoms with van der Waals surface area (Å²) in [5, 5.41) is 0. The van der Waals surface area contributed by atoms with E-state index in [0.717, 1.165) is 44.5 Å². The van der Waals surface area contributed by atoms with E-state index in [2.05, 4.69) is 19.9 Å². The number of rotatable bonds is 5. The molecule has 1 amide bonds. The van der Waals surface area contributed by atoms with Gasteiger partial charge in [0.2, 0.25) is 5.91 Å². The smallest absolute Gasteiger partial charge is 0.384 e. The highest BCUT2D eigenvalue weighted by atomic mass is 19.4. The summed E-state index contributed by atoms with van der Waals surface area (Å²) in [5.74, 6) is 0.448. The van der Waals surface area contributed by atoms with E-state index in [1.165, 1.54) is 5.56 Å². The predicted octanol–water partition coefficient (Wildman–Crippen LogP) is 3.84. The van der Waals surface area contributed by atoms with Gasteiger partial charge in [0.15, 0.2) is 0 Å². The van der Waals surface area contributed by atoms with Crippen LogP contribution in [0.5, 0.6) is 0 Å². The normalized spacial score (nSPS) is 27.2. The van der Waals surface area contributed by atoms with Crippen LogP contribution in [-0.4, -0.2) is 70.1 Å². The van der Waals surface area contributed by atoms with Gasteiger partial charge in [0.1, 0.15) is 6.33 Å². The fourth-order valence-electron chi connectivity index (χ4n) is 6.23. The number of carbonyl (C=O) groups excluding carboxylic acids is 1. The van der Waals surface area contributed by atoms with Gasteiger partial charge in [-0.05, 0) is 61.8 Å². The second kappa shape index (κ2) is 10.0. The Morgan fingerprint density at radius 3 is 2.58 bits per heavy atom. The van der Waals surface area contributed by atoms with E-state index in [9.17, 15) is 18.0 Å². The van der Waals surface area contributed by atoms with E-state index < -0.39 is 17.2 Å². The van der Waals surface area contributed by atoms with Gasteiger partial charge in [-0.15, -0.1) is 0 Å². The van der Waals surface area contributed by atoms with Crippen LogP contribution in [0.1, 0.15) is 60.4 Å². The summed E-state index contributed by atoms with van der Waals surface area (Å²) >= 11 is 0. The van der Waals surface area contributed by atoms with E-state index >= 15 is 0 Å². The van der Waals surface area contributed by atoms with Crippen LogP contribution in [0.15, 0.2) is 31.0 Å². The summed E-state index contributed by atoms with van der Waals surface area (Å²) in [6, 6.07) is 1.56. The molecule has 1 atom stereocenters. The van der Waals surface area contributed by atoms with E-state index in [0.29, 0.717) is 55.8 Å². The summed E-state index contributed by atoms with van der Waals surface area (Å²) in [6.07, 6.45) is 7.18. The van der Waals surface area contributed by atoms with Gasteiger partial charge in [0.05, 0.1) is 17.6 Å². The third kappa shape index (κ3) is 4.98. The van der Waals surface area contributed by atoms with Gasteiger partial charge >= 0.3 is 6.18 Å². The number of nitrogens with zero attached hydrogens (tertiary/aromatic N) is 5. The standard InChI is InChI=1S/C26H32F3N5O2/c1-36-16-25(24(35)33-8-6-23-19(14-33)10-21(13-32-23)26(27,28)29)7-9-34(15-25)22-4-2-18(3-5-22)20-11-30-17-31-12-20/h10-13,17-18,22H,2-9,14-16H2,1H3. The van der Waals surface area contributed by atoms with Crippen molar-refractivity contribution in [1.29, 1.82) is 0 Å². The first-order valence-corrected chi connectivity index (χ1v) is 12.6. The topological polar surface area (TPSA) is 71.5 Å². The van der Waals surface area contributed by atoms with Crippen LogP contribution in [0.4, 0.5) is 13.2 Å². The van der Waals surface area contributed by atoms with Gasteiger partial charge in [-0.3, -0.25) is 14.7 Å². The molecular formula is C26H32F3N5O2. The minimum atomic E-state index is -4.45. The average Bonchev–Trinajstić information content (AvgIpc) is 3.33. The molecule has 5 rings (SSSR count). The van der Waals surface area contributed by atoms with Gasteiger partial charge < -0.3 is 9.64 Å². The molecule has 4 heterocycles. The number of methoxy groups -OCH3 is 1. The van der Waals surface area contributed by atoms with Crippen LogP contribution in [0, 0.1) is 5.41 Å². The summed E-state index contributed by atoms with van der Waals surface area (Å²) in [5.41, 5.74) is 0.865. The van der Waals surface area contributed by atoms with Gasteiger partial charge in [-0.2, -0.15) is 13.2 Å². The van der Waals surface area contributed by atoms with E-state index in [1.807, 2.05) is 12.4 Å². The van der Waals surface area contributed by atoms with Crippen molar-refractivity contribution in [2.24, 2.45) is 5.41 Å². The molecule has 0 aromatic carbocycles. The molecule has 2 aromatic rings. The van der Waals surface area contributed by atoms with Crippen molar-refractivity contribution in [3.05, 3.63) is 53.4 Å². The molecule has 1 aliphatic carbocycles. The molecule has 2 aliphatic heterocycles. The van der Waals surface area contributed by atoms with Crippen molar-refractivity contribution in [1.82, 2.24) is 24.8 Å². The van der Waals surface area contributed by atoms with Crippen molar-refractivity contribution >= 4 is 5.91 Å². The van der Waals surface area contributed by atoms with E-state index in [1.54, 1.807) is 18.3 Å². The molecule has 0 spiro atoms. The second-order valence-corrected chi connectivity index (χ2v) is 10.4. The summed E-state index contributed by atoms with van der Waals surface area (Å²) in [7, 11) is 1.61. The fourth-order valence-corrected chi connectivity index (χ4v) is 6.23. The summed E-state index contributed by atoms with van der Waals surface area (Å²) < 4.78 is 45.2. The highest BCUT2D eigenvalue weighted by molar-refractivity contribution is 5.84. The van der Waals surface area contributed by atoms with Gasteiger partial charge in [-0.25, -0.2) is 9.97 Å². The summed E-state index contributed by atoms with van der Waals surface area (Å²) in [4.78, 5) is 30.3. The molecule has 3 aliphatic rings. The van der Waals surface area contributed by atoms with Crippen molar-refractivity contribution in [3.8, 4) is 0 Å². The maximum atomic E-state index is 13.8. The monoisotopic (exact) mass is 503 g/mol. The van der Waals surface area contributed by atoms with Gasteiger partial charge in [0.25, 0.3) is 0 Å². The Labute approximate surface area is 209 Å². The molecule has 194 valence electrons. The molecule has 36 heavy (non-hydrogen) atoms. The molecule has 10 heteroatoms. The Morgan fingerprint density at radius 1 is 1.14 bits per heavy atom. The first-order valence-electron chi connectivity index (χ1n) is 12.6. The molecule has 7 nitrogen and oxygen atoms in total. The number of halogens is 3. The number of hydrogen-bond acceptors (Lipinski definition) is 6. The van der Waals surface area contributed by atoms with Crippen LogP contribution < -0.4 is 0 Å². The third-order valence-corrected chi connectivity index (χ3v) is 8.18. The lowest BCUT2D eigenvalue weighted by Gasteiger charge is -2.38. The van der Waals surface area contributed by atoms with Crippen molar-refractivity contribution in [2.45, 2.75) is 63.2 Å². The van der Waals surface area contributed by atoms with Crippen molar-refractivity contribution < 1.29 is 22.7 Å². The molecule has 0 bridgehead atoms. The molecule has 2 aromatic heterocycles. The third-order valence-electron chi connectivity index (χ3n) is 8.18. The zero-order chi connectivity index (χ0) is 25.3. The predicted molar refractivity (Wildman–Crippen MR) is 126 cm³/mol. The number of fused-ring (bicyclic) bond motifs is 1. The minimum absolute atomic E-state index is 0.0231. The quantitative estimate of drug-likeness (QED) is 0.618. The molecule has 0 N–H and O–H groups in total. The van der Waals surface area contributed by atoms with Gasteiger partial charge in [-0.1, -0.05) is 0 Å². The van der Waals surface area contributed by atoms with Crippen LogP contribution >= 0.6 is 0 Å². The number of ether oxygens (including phenoxy) is 1. The Bertz CT molecular complexity index is 1070. The number of amides is 1. The largest absolute Gasteiger partial charge is 0.417 e. The Morgan fingerprint density at radius 2 is 1.89 bits per heavy atom. The van der Waals surface area contributed by atoms with Gasteiger partial charge in [0, 0.05) is 63.5 Å². The average molecular weight is 504 g/mol. The Balaban J connectivity index is 1.25. The lowest BCUT2D eigenvalue weighted by atomic mass is 9.82. The summed E-state index contributed by atoms with van der Waals surface area (Å²) in [6.45, 7) is 2.36. The van der Waals surface area contributed by atoms with Crippen LogP contribution in [-0.2, 0) is 28.7 Å². The molecule has 0 radical (unpaired) electrons. The number of carbonyl (C=O) groups is 1. The number of likely N-dealkylation sites (tertiary alicyclic amines) is 1. The first-order chi connectivity index (χ1) is 17.3. The zero-order valence-electron chi connectivity index (χ0n) is 20.5. The molecule has 2 fully saturated rings. The molecular weight excluding hydrogens is 471 g/mol. The number of pyridine rings is 1. The fraction of sp³-hybridized carbons (Fsp3) is 0.615. The molecule has 1 saturated carbocycles. The maximum absolute atomic E-state index is 13.8. The van der Waals surface area contributed by atoms with E-state index in [-0.39, 0.29) is 12.5 Å². The second-order valence-electron chi connectivity index (χ2n) is 10.4. The Kier molecular flexibility index (Phi) is 7.00. The highest BCUT2D eigenvalue weighted by Gasteiger charge is 2.49. The zero-order valence-corrected chi connectivity index (χ0v) is 20.5. The van der Waals surface area contributed by atoms with Crippen molar-refractivity contribution in [3.63, 3.8) is 0 Å². The maximum Gasteiger partial charge on any atom is 0.417 e. The molecule has 1 saturated heterocycles.